The van der Waals surface area contributed by atoms with Crippen molar-refractivity contribution in [1.29, 1.82) is 0 Å². The Morgan fingerprint density at radius 2 is 2.05 bits per heavy atom. The van der Waals surface area contributed by atoms with Crippen molar-refractivity contribution in [2.75, 3.05) is 11.9 Å². The third kappa shape index (κ3) is 3.11. The van der Waals surface area contributed by atoms with Crippen molar-refractivity contribution in [3.05, 3.63) is 47.4 Å². The second kappa shape index (κ2) is 6.33. The molecule has 1 aromatic carbocycles. The maximum atomic E-state index is 13.6. The minimum absolute atomic E-state index is 0.192. The van der Waals surface area contributed by atoms with E-state index < -0.39 is 34.7 Å². The Morgan fingerprint density at radius 1 is 1.32 bits per heavy atom. The van der Waals surface area contributed by atoms with Gasteiger partial charge >= 0.3 is 0 Å². The molecule has 0 aliphatic heterocycles. The van der Waals surface area contributed by atoms with Gasteiger partial charge in [0.05, 0.1) is 24.1 Å². The lowest BCUT2D eigenvalue weighted by Gasteiger charge is -2.08. The summed E-state index contributed by atoms with van der Waals surface area (Å²) in [6.45, 7) is 2.19. The Bertz CT molecular complexity index is 705. The van der Waals surface area contributed by atoms with E-state index in [1.54, 1.807) is 6.92 Å². The minimum atomic E-state index is -1.75. The van der Waals surface area contributed by atoms with Gasteiger partial charge < -0.3 is 15.2 Å². The normalized spacial score (nSPS) is 10.4. The van der Waals surface area contributed by atoms with Crippen LogP contribution in [0.25, 0.3) is 0 Å². The lowest BCUT2D eigenvalue weighted by atomic mass is 10.1. The maximum Gasteiger partial charge on any atom is 0.258 e. The Kier molecular flexibility index (Phi) is 4.50. The smallest absolute Gasteiger partial charge is 0.258 e. The number of phenolic OH excluding ortho intramolecular Hbond substituents is 1. The number of amides is 1. The lowest BCUT2D eigenvalue weighted by molar-refractivity contribution is 0.102. The second-order valence-electron chi connectivity index (χ2n) is 4.15. The molecule has 2 rings (SSSR count). The Balaban J connectivity index is 2.22. The van der Waals surface area contributed by atoms with Crippen molar-refractivity contribution in [2.24, 2.45) is 0 Å². The van der Waals surface area contributed by atoms with Crippen LogP contribution in [-0.2, 0) is 0 Å². The number of rotatable bonds is 4. The number of halogens is 3. The highest BCUT2D eigenvalue weighted by Crippen LogP contribution is 2.26. The molecule has 0 bridgehead atoms. The summed E-state index contributed by atoms with van der Waals surface area (Å²) in [6, 6.07) is 3.27. The fourth-order valence-electron chi connectivity index (χ4n) is 1.64. The van der Waals surface area contributed by atoms with Crippen molar-refractivity contribution in [3.63, 3.8) is 0 Å². The van der Waals surface area contributed by atoms with Gasteiger partial charge in [0.2, 0.25) is 11.7 Å². The monoisotopic (exact) mass is 312 g/mol. The van der Waals surface area contributed by atoms with Crippen LogP contribution >= 0.6 is 0 Å². The topological polar surface area (TPSA) is 71.5 Å². The van der Waals surface area contributed by atoms with Gasteiger partial charge in [0.15, 0.2) is 17.4 Å². The molecular weight excluding hydrogens is 301 g/mol. The first-order valence-corrected chi connectivity index (χ1v) is 6.20. The van der Waals surface area contributed by atoms with E-state index in [0.29, 0.717) is 18.6 Å². The first-order valence-electron chi connectivity index (χ1n) is 6.20. The second-order valence-corrected chi connectivity index (χ2v) is 4.15. The molecule has 2 N–H and O–H groups in total. The van der Waals surface area contributed by atoms with Crippen LogP contribution in [0.4, 0.5) is 18.9 Å². The van der Waals surface area contributed by atoms with Gasteiger partial charge in [-0.1, -0.05) is 0 Å². The number of benzene rings is 1. The number of nitrogens with one attached hydrogen (secondary N) is 1. The van der Waals surface area contributed by atoms with Gasteiger partial charge in [0.1, 0.15) is 0 Å². The molecule has 0 radical (unpaired) electrons. The number of nitrogens with zero attached hydrogens (tertiary/aromatic N) is 1. The average Bonchev–Trinajstić information content (AvgIpc) is 2.51. The zero-order valence-corrected chi connectivity index (χ0v) is 11.4. The molecule has 1 amide bonds. The van der Waals surface area contributed by atoms with E-state index in [1.807, 2.05) is 0 Å². The van der Waals surface area contributed by atoms with Crippen molar-refractivity contribution in [1.82, 2.24) is 4.98 Å². The first kappa shape index (κ1) is 15.6. The van der Waals surface area contributed by atoms with Gasteiger partial charge in [0.25, 0.3) is 5.91 Å². The number of phenols is 1. The highest BCUT2D eigenvalue weighted by molar-refractivity contribution is 6.04. The van der Waals surface area contributed by atoms with Crippen molar-refractivity contribution >= 4 is 11.6 Å². The summed E-state index contributed by atoms with van der Waals surface area (Å²) >= 11 is 0. The van der Waals surface area contributed by atoms with Gasteiger partial charge in [0, 0.05) is 6.07 Å². The number of ether oxygens (including phenoxy) is 1. The summed E-state index contributed by atoms with van der Waals surface area (Å²) in [6.07, 6.45) is 1.25. The van der Waals surface area contributed by atoms with Gasteiger partial charge in [-0.15, -0.1) is 0 Å². The number of carbonyl (C=O) groups is 1. The lowest BCUT2D eigenvalue weighted by Crippen LogP contribution is -2.15. The molecule has 0 spiro atoms. The zero-order valence-electron chi connectivity index (χ0n) is 11.4. The summed E-state index contributed by atoms with van der Waals surface area (Å²) in [5.74, 6) is -7.11. The summed E-state index contributed by atoms with van der Waals surface area (Å²) in [5.41, 5.74) is -0.637. The molecular formula is C14H11F3N2O3. The van der Waals surface area contributed by atoms with Crippen LogP contribution in [0.1, 0.15) is 17.3 Å². The molecule has 0 aliphatic rings. The molecule has 0 aliphatic carbocycles. The Hall–Kier alpha value is -2.77. The molecule has 8 heteroatoms. The van der Waals surface area contributed by atoms with Crippen LogP contribution < -0.4 is 10.1 Å². The first-order chi connectivity index (χ1) is 10.4. The van der Waals surface area contributed by atoms with E-state index in [-0.39, 0.29) is 5.69 Å². The quantitative estimate of drug-likeness (QED) is 0.852. The molecule has 116 valence electrons. The van der Waals surface area contributed by atoms with E-state index in [9.17, 15) is 18.0 Å². The number of anilines is 1. The number of hydrogen-bond donors (Lipinski definition) is 2. The predicted octanol–water partition coefficient (Wildman–Crippen LogP) is 2.86. The van der Waals surface area contributed by atoms with E-state index in [4.69, 9.17) is 9.84 Å². The molecule has 1 aromatic heterocycles. The van der Waals surface area contributed by atoms with Gasteiger partial charge in [-0.25, -0.2) is 13.8 Å². The van der Waals surface area contributed by atoms with E-state index in [2.05, 4.69) is 10.3 Å². The standard InChI is InChI=1S/C14H11F3N2O3/c1-2-22-10-4-3-7(6-18-10)19-14(21)8-5-9(15)12(17)13(20)11(8)16/h3-6,20H,2H2,1H3,(H,19,21). The van der Waals surface area contributed by atoms with Crippen LogP contribution in [-0.4, -0.2) is 22.6 Å². The fraction of sp³-hybridized carbons (Fsp3) is 0.143. The third-order valence-corrected chi connectivity index (χ3v) is 2.66. The summed E-state index contributed by atoms with van der Waals surface area (Å²) < 4.78 is 44.8. The SMILES string of the molecule is CCOc1ccc(NC(=O)c2cc(F)c(F)c(O)c2F)cn1. The van der Waals surface area contributed by atoms with E-state index in [0.717, 1.165) is 0 Å². The molecule has 1 heterocycles. The van der Waals surface area contributed by atoms with Crippen LogP contribution in [0, 0.1) is 17.5 Å². The van der Waals surface area contributed by atoms with Crippen molar-refractivity contribution in [2.45, 2.75) is 6.92 Å². The highest BCUT2D eigenvalue weighted by Gasteiger charge is 2.22. The van der Waals surface area contributed by atoms with E-state index >= 15 is 0 Å². The largest absolute Gasteiger partial charge is 0.503 e. The van der Waals surface area contributed by atoms with E-state index in [1.165, 1.54) is 18.3 Å². The molecule has 0 unspecified atom stereocenters. The van der Waals surface area contributed by atoms with Gasteiger partial charge in [-0.05, 0) is 19.1 Å². The number of pyridine rings is 1. The number of carbonyl (C=O) groups excluding carboxylic acids is 1. The average molecular weight is 312 g/mol. The van der Waals surface area contributed by atoms with Gasteiger partial charge in [-0.3, -0.25) is 4.79 Å². The van der Waals surface area contributed by atoms with Gasteiger partial charge in [-0.2, -0.15) is 4.39 Å². The Morgan fingerprint density at radius 3 is 2.64 bits per heavy atom. The summed E-state index contributed by atoms with van der Waals surface area (Å²) in [4.78, 5) is 15.7. The van der Waals surface area contributed by atoms with Crippen LogP contribution in [0.2, 0.25) is 0 Å². The Labute approximate surface area is 123 Å². The molecule has 5 nitrogen and oxygen atoms in total. The molecule has 0 saturated heterocycles. The molecule has 2 aromatic rings. The van der Waals surface area contributed by atoms with Crippen LogP contribution in [0.3, 0.4) is 0 Å². The molecule has 22 heavy (non-hydrogen) atoms. The molecule has 0 atom stereocenters. The number of aromatic nitrogens is 1. The summed E-state index contributed by atoms with van der Waals surface area (Å²) in [5, 5.41) is 11.3. The maximum absolute atomic E-state index is 13.6. The number of aromatic hydroxyl groups is 1. The van der Waals surface area contributed by atoms with Crippen LogP contribution in [0.15, 0.2) is 24.4 Å². The third-order valence-electron chi connectivity index (χ3n) is 2.66. The zero-order chi connectivity index (χ0) is 16.3. The molecule has 0 fully saturated rings. The summed E-state index contributed by atoms with van der Waals surface area (Å²) in [7, 11) is 0. The number of hydrogen-bond acceptors (Lipinski definition) is 4. The fourth-order valence-corrected chi connectivity index (χ4v) is 1.64. The highest BCUT2D eigenvalue weighted by atomic mass is 19.2. The van der Waals surface area contributed by atoms with Crippen molar-refractivity contribution < 1.29 is 27.8 Å². The molecule has 0 saturated carbocycles. The van der Waals surface area contributed by atoms with Crippen LogP contribution in [0.5, 0.6) is 11.6 Å². The predicted molar refractivity (Wildman–Crippen MR) is 71.3 cm³/mol. The van der Waals surface area contributed by atoms with Crippen molar-refractivity contribution in [3.8, 4) is 11.6 Å². The minimum Gasteiger partial charge on any atom is -0.503 e.